The molecule has 1 unspecified atom stereocenters. The predicted molar refractivity (Wildman–Crippen MR) is 91.0 cm³/mol. The molecule has 21 heavy (non-hydrogen) atoms. The summed E-state index contributed by atoms with van der Waals surface area (Å²) in [6.07, 6.45) is 1.03. The zero-order valence-corrected chi connectivity index (χ0v) is 14.6. The summed E-state index contributed by atoms with van der Waals surface area (Å²) in [5, 5.41) is 3.50. The van der Waals surface area contributed by atoms with E-state index in [0.29, 0.717) is 0 Å². The molecule has 0 aromatic heterocycles. The van der Waals surface area contributed by atoms with Crippen LogP contribution in [0, 0.1) is 0 Å². The van der Waals surface area contributed by atoms with Gasteiger partial charge in [-0.15, -0.1) is 0 Å². The average Bonchev–Trinajstić information content (AvgIpc) is 2.47. The van der Waals surface area contributed by atoms with E-state index in [-0.39, 0.29) is 11.6 Å². The Kier molecular flexibility index (Phi) is 7.20. The number of hydrogen-bond donors (Lipinski definition) is 1. The zero-order valence-electron chi connectivity index (χ0n) is 14.6. The summed E-state index contributed by atoms with van der Waals surface area (Å²) in [6.45, 7) is 14.0. The lowest BCUT2D eigenvalue weighted by Gasteiger charge is -2.44. The largest absolute Gasteiger partial charge is 0.493 e. The van der Waals surface area contributed by atoms with Crippen LogP contribution in [0.3, 0.4) is 0 Å². The van der Waals surface area contributed by atoms with Gasteiger partial charge in [-0.05, 0) is 46.5 Å². The standard InChI is InChI=1S/C18H32N2O/c1-7-14-21-16-13-11-10-12-15(16)17(19-6)18(4,5)20(8-2)9-3/h10-13,17,19H,7-9,14H2,1-6H3. The van der Waals surface area contributed by atoms with Crippen molar-refractivity contribution in [1.29, 1.82) is 0 Å². The molecule has 120 valence electrons. The lowest BCUT2D eigenvalue weighted by Crippen LogP contribution is -2.52. The minimum Gasteiger partial charge on any atom is -0.493 e. The first-order chi connectivity index (χ1) is 10.0. The van der Waals surface area contributed by atoms with Gasteiger partial charge in [0.1, 0.15) is 5.75 Å². The Bertz CT molecular complexity index is 413. The third-order valence-corrected chi connectivity index (χ3v) is 4.27. The lowest BCUT2D eigenvalue weighted by atomic mass is 9.86. The fourth-order valence-corrected chi connectivity index (χ4v) is 3.17. The summed E-state index contributed by atoms with van der Waals surface area (Å²) in [6, 6.07) is 8.62. The second-order valence-electron chi connectivity index (χ2n) is 5.93. The van der Waals surface area contributed by atoms with E-state index in [1.807, 2.05) is 13.1 Å². The molecule has 0 heterocycles. The van der Waals surface area contributed by atoms with Crippen molar-refractivity contribution in [3.05, 3.63) is 29.8 Å². The van der Waals surface area contributed by atoms with E-state index in [9.17, 15) is 0 Å². The number of nitrogens with zero attached hydrogens (tertiary/aromatic N) is 1. The van der Waals surface area contributed by atoms with Crippen molar-refractivity contribution in [1.82, 2.24) is 10.2 Å². The van der Waals surface area contributed by atoms with E-state index in [2.05, 4.69) is 63.0 Å². The van der Waals surface area contributed by atoms with Crippen LogP contribution in [0.25, 0.3) is 0 Å². The Balaban J connectivity index is 3.14. The van der Waals surface area contributed by atoms with Crippen molar-refractivity contribution in [3.8, 4) is 5.75 Å². The van der Waals surface area contributed by atoms with E-state index in [0.717, 1.165) is 31.9 Å². The first-order valence-corrected chi connectivity index (χ1v) is 8.16. The van der Waals surface area contributed by atoms with Crippen molar-refractivity contribution >= 4 is 0 Å². The van der Waals surface area contributed by atoms with Crippen LogP contribution < -0.4 is 10.1 Å². The van der Waals surface area contributed by atoms with Crippen LogP contribution in [0.2, 0.25) is 0 Å². The average molecular weight is 292 g/mol. The molecule has 0 spiro atoms. The summed E-state index contributed by atoms with van der Waals surface area (Å²) < 4.78 is 5.95. The minimum absolute atomic E-state index is 0.0178. The second-order valence-corrected chi connectivity index (χ2v) is 5.93. The molecule has 0 radical (unpaired) electrons. The molecule has 1 atom stereocenters. The summed E-state index contributed by atoms with van der Waals surface area (Å²) >= 11 is 0. The molecule has 0 aliphatic rings. The van der Waals surface area contributed by atoms with E-state index < -0.39 is 0 Å². The molecule has 0 amide bonds. The van der Waals surface area contributed by atoms with Gasteiger partial charge >= 0.3 is 0 Å². The number of rotatable bonds is 9. The van der Waals surface area contributed by atoms with Crippen molar-refractivity contribution in [3.63, 3.8) is 0 Å². The highest BCUT2D eigenvalue weighted by atomic mass is 16.5. The van der Waals surface area contributed by atoms with Gasteiger partial charge in [-0.3, -0.25) is 4.90 Å². The molecule has 1 aromatic carbocycles. The van der Waals surface area contributed by atoms with Crippen LogP contribution in [0.4, 0.5) is 0 Å². The Morgan fingerprint density at radius 3 is 2.29 bits per heavy atom. The molecule has 1 rings (SSSR count). The normalized spacial score (nSPS) is 13.5. The predicted octanol–water partition coefficient (Wildman–Crippen LogP) is 3.86. The van der Waals surface area contributed by atoms with E-state index in [4.69, 9.17) is 4.74 Å². The van der Waals surface area contributed by atoms with Crippen LogP contribution in [-0.4, -0.2) is 37.2 Å². The van der Waals surface area contributed by atoms with E-state index in [1.54, 1.807) is 0 Å². The molecular weight excluding hydrogens is 260 g/mol. The molecule has 0 bridgehead atoms. The number of nitrogens with one attached hydrogen (secondary N) is 1. The Labute approximate surface area is 130 Å². The second kappa shape index (κ2) is 8.40. The van der Waals surface area contributed by atoms with E-state index >= 15 is 0 Å². The first-order valence-electron chi connectivity index (χ1n) is 8.16. The van der Waals surface area contributed by atoms with Crippen molar-refractivity contribution in [2.45, 2.75) is 52.6 Å². The van der Waals surface area contributed by atoms with Crippen LogP contribution in [0.5, 0.6) is 5.75 Å². The molecule has 3 heteroatoms. The van der Waals surface area contributed by atoms with Gasteiger partial charge in [0.05, 0.1) is 12.6 Å². The molecule has 0 aliphatic carbocycles. The van der Waals surface area contributed by atoms with Crippen LogP contribution in [-0.2, 0) is 0 Å². The van der Waals surface area contributed by atoms with Crippen molar-refractivity contribution in [2.75, 3.05) is 26.7 Å². The monoisotopic (exact) mass is 292 g/mol. The number of benzene rings is 1. The summed E-state index contributed by atoms with van der Waals surface area (Å²) in [5.41, 5.74) is 1.26. The smallest absolute Gasteiger partial charge is 0.124 e. The van der Waals surface area contributed by atoms with Gasteiger partial charge in [-0.25, -0.2) is 0 Å². The van der Waals surface area contributed by atoms with Crippen LogP contribution >= 0.6 is 0 Å². The quantitative estimate of drug-likeness (QED) is 0.748. The number of likely N-dealkylation sites (N-methyl/N-ethyl adjacent to an activating group) is 2. The van der Waals surface area contributed by atoms with Gasteiger partial charge in [-0.1, -0.05) is 39.0 Å². The van der Waals surface area contributed by atoms with Crippen LogP contribution in [0.15, 0.2) is 24.3 Å². The number of ether oxygens (including phenoxy) is 1. The maximum absolute atomic E-state index is 5.95. The van der Waals surface area contributed by atoms with Gasteiger partial charge in [-0.2, -0.15) is 0 Å². The molecular formula is C18H32N2O. The zero-order chi connectivity index (χ0) is 15.9. The SMILES string of the molecule is CCCOc1ccccc1C(NC)C(C)(C)N(CC)CC. The molecule has 1 aromatic rings. The molecule has 0 saturated carbocycles. The lowest BCUT2D eigenvalue weighted by molar-refractivity contribution is 0.0929. The van der Waals surface area contributed by atoms with Crippen LogP contribution in [0.1, 0.15) is 52.6 Å². The van der Waals surface area contributed by atoms with Gasteiger partial charge in [0, 0.05) is 11.1 Å². The maximum Gasteiger partial charge on any atom is 0.124 e. The highest BCUT2D eigenvalue weighted by molar-refractivity contribution is 5.37. The third kappa shape index (κ3) is 4.21. The van der Waals surface area contributed by atoms with E-state index in [1.165, 1.54) is 5.56 Å². The Morgan fingerprint density at radius 2 is 1.76 bits per heavy atom. The molecule has 3 nitrogen and oxygen atoms in total. The topological polar surface area (TPSA) is 24.5 Å². The van der Waals surface area contributed by atoms with Gasteiger partial charge in [0.2, 0.25) is 0 Å². The highest BCUT2D eigenvalue weighted by Gasteiger charge is 2.35. The number of para-hydroxylation sites is 1. The summed E-state index contributed by atoms with van der Waals surface area (Å²) in [5.74, 6) is 0.999. The fourth-order valence-electron chi connectivity index (χ4n) is 3.17. The molecule has 0 saturated heterocycles. The fraction of sp³-hybridized carbons (Fsp3) is 0.667. The summed E-state index contributed by atoms with van der Waals surface area (Å²) in [7, 11) is 2.03. The van der Waals surface area contributed by atoms with Crippen molar-refractivity contribution in [2.24, 2.45) is 0 Å². The maximum atomic E-state index is 5.95. The number of hydrogen-bond acceptors (Lipinski definition) is 3. The third-order valence-electron chi connectivity index (χ3n) is 4.27. The highest BCUT2D eigenvalue weighted by Crippen LogP contribution is 2.35. The van der Waals surface area contributed by atoms with Gasteiger partial charge in [0.15, 0.2) is 0 Å². The van der Waals surface area contributed by atoms with Crippen molar-refractivity contribution < 1.29 is 4.74 Å². The van der Waals surface area contributed by atoms with Gasteiger partial charge < -0.3 is 10.1 Å². The molecule has 0 aliphatic heterocycles. The minimum atomic E-state index is 0.0178. The Hall–Kier alpha value is -1.06. The Morgan fingerprint density at radius 1 is 1.14 bits per heavy atom. The van der Waals surface area contributed by atoms with Gasteiger partial charge in [0.25, 0.3) is 0 Å². The first kappa shape index (κ1) is 18.0. The molecule has 1 N–H and O–H groups in total. The summed E-state index contributed by atoms with van der Waals surface area (Å²) in [4.78, 5) is 2.49. The molecule has 0 fully saturated rings.